The van der Waals surface area contributed by atoms with Crippen molar-refractivity contribution in [2.24, 2.45) is 5.41 Å². The number of hydrogen-bond acceptors (Lipinski definition) is 2. The summed E-state index contributed by atoms with van der Waals surface area (Å²) in [6, 6.07) is 2.11. The van der Waals surface area contributed by atoms with E-state index in [2.05, 4.69) is 41.2 Å². The molecule has 1 heterocycles. The van der Waals surface area contributed by atoms with Gasteiger partial charge in [-0.05, 0) is 42.7 Å². The maximum Gasteiger partial charge on any atom is 0.261 e. The quantitative estimate of drug-likeness (QED) is 0.645. The maximum absolute atomic E-state index is 12.2. The van der Waals surface area contributed by atoms with Crippen molar-refractivity contribution in [1.29, 1.82) is 0 Å². The first kappa shape index (κ1) is 15.0. The fourth-order valence-electron chi connectivity index (χ4n) is 2.23. The summed E-state index contributed by atoms with van der Waals surface area (Å²) >= 11 is 5.17. The minimum Gasteiger partial charge on any atom is -0.351 e. The molecular formula is C15H22BrNOS. The lowest BCUT2D eigenvalue weighted by Gasteiger charge is -2.21. The molecule has 2 nitrogen and oxygen atoms in total. The molecule has 4 heteroatoms. The topological polar surface area (TPSA) is 29.1 Å². The van der Waals surface area contributed by atoms with E-state index in [0.717, 1.165) is 23.0 Å². The Morgan fingerprint density at radius 2 is 2.11 bits per heavy atom. The third-order valence-electron chi connectivity index (χ3n) is 3.56. The highest BCUT2D eigenvalue weighted by Crippen LogP contribution is 2.29. The summed E-state index contributed by atoms with van der Waals surface area (Å²) in [5, 5.41) is 3.95. The van der Waals surface area contributed by atoms with Gasteiger partial charge in [-0.25, -0.2) is 0 Å². The van der Waals surface area contributed by atoms with Gasteiger partial charge in [0.05, 0.1) is 4.88 Å². The minimum absolute atomic E-state index is 0.0899. The summed E-state index contributed by atoms with van der Waals surface area (Å²) < 4.78 is 0. The fourth-order valence-corrected chi connectivity index (χ4v) is 3.60. The molecule has 19 heavy (non-hydrogen) atoms. The van der Waals surface area contributed by atoms with Gasteiger partial charge >= 0.3 is 0 Å². The number of thiophene rings is 1. The number of alkyl halides is 1. The lowest BCUT2D eigenvalue weighted by atomic mass is 9.97. The summed E-state index contributed by atoms with van der Waals surface area (Å²) in [5.41, 5.74) is 1.51. The van der Waals surface area contributed by atoms with Crippen LogP contribution in [0.4, 0.5) is 0 Å². The number of amides is 1. The number of hydrogen-bond donors (Lipinski definition) is 1. The van der Waals surface area contributed by atoms with Crippen LogP contribution in [0, 0.1) is 5.41 Å². The van der Waals surface area contributed by atoms with Gasteiger partial charge in [-0.3, -0.25) is 4.79 Å². The van der Waals surface area contributed by atoms with Crippen molar-refractivity contribution >= 4 is 33.2 Å². The van der Waals surface area contributed by atoms with Crippen LogP contribution in [-0.4, -0.2) is 17.8 Å². The minimum atomic E-state index is 0.0899. The van der Waals surface area contributed by atoms with Crippen LogP contribution >= 0.6 is 27.3 Å². The van der Waals surface area contributed by atoms with Crippen LogP contribution in [-0.2, 0) is 12.8 Å². The molecule has 0 spiro atoms. The third kappa shape index (κ3) is 4.06. The van der Waals surface area contributed by atoms with Crippen LogP contribution in [0.15, 0.2) is 6.07 Å². The second kappa shape index (κ2) is 6.40. The largest absolute Gasteiger partial charge is 0.351 e. The fraction of sp³-hybridized carbons (Fsp3) is 0.667. The van der Waals surface area contributed by atoms with Gasteiger partial charge in [0.1, 0.15) is 0 Å². The highest BCUT2D eigenvalue weighted by molar-refractivity contribution is 9.09. The van der Waals surface area contributed by atoms with E-state index in [0.29, 0.717) is 6.54 Å². The van der Waals surface area contributed by atoms with Crippen molar-refractivity contribution in [3.05, 3.63) is 21.4 Å². The van der Waals surface area contributed by atoms with E-state index < -0.39 is 0 Å². The number of aryl methyl sites for hydroxylation is 2. The molecule has 1 aliphatic rings. The molecule has 0 saturated carbocycles. The van der Waals surface area contributed by atoms with Gasteiger partial charge in [0.25, 0.3) is 5.91 Å². The summed E-state index contributed by atoms with van der Waals surface area (Å²) in [7, 11) is 0. The zero-order chi connectivity index (χ0) is 13.9. The Morgan fingerprint density at radius 1 is 1.37 bits per heavy atom. The Hall–Kier alpha value is -0.350. The zero-order valence-electron chi connectivity index (χ0n) is 11.7. The first-order valence-corrected chi connectivity index (χ1v) is 8.91. The molecule has 0 bridgehead atoms. The van der Waals surface area contributed by atoms with Crippen molar-refractivity contribution in [2.75, 3.05) is 11.9 Å². The highest BCUT2D eigenvalue weighted by Gasteiger charge is 2.20. The van der Waals surface area contributed by atoms with Gasteiger partial charge in [0.2, 0.25) is 0 Å². The Kier molecular flexibility index (Phi) is 5.07. The van der Waals surface area contributed by atoms with Gasteiger partial charge in [0.15, 0.2) is 0 Å². The van der Waals surface area contributed by atoms with Crippen molar-refractivity contribution in [3.8, 4) is 0 Å². The van der Waals surface area contributed by atoms with Crippen LogP contribution < -0.4 is 5.32 Å². The molecule has 0 atom stereocenters. The molecule has 0 aromatic carbocycles. The van der Waals surface area contributed by atoms with E-state index in [1.165, 1.54) is 29.7 Å². The molecule has 0 saturated heterocycles. The van der Waals surface area contributed by atoms with Crippen LogP contribution in [0.3, 0.4) is 0 Å². The molecule has 1 N–H and O–H groups in total. The first-order chi connectivity index (χ1) is 9.02. The van der Waals surface area contributed by atoms with Crippen LogP contribution in [0.1, 0.15) is 53.2 Å². The summed E-state index contributed by atoms with van der Waals surface area (Å²) in [4.78, 5) is 14.5. The van der Waals surface area contributed by atoms with Gasteiger partial charge in [-0.15, -0.1) is 11.3 Å². The Bertz CT molecular complexity index is 429. The van der Waals surface area contributed by atoms with E-state index in [-0.39, 0.29) is 11.3 Å². The van der Waals surface area contributed by atoms with Crippen molar-refractivity contribution in [2.45, 2.75) is 46.0 Å². The number of carbonyl (C=O) groups is 1. The predicted molar refractivity (Wildman–Crippen MR) is 85.5 cm³/mol. The van der Waals surface area contributed by atoms with E-state index >= 15 is 0 Å². The van der Waals surface area contributed by atoms with Crippen LogP contribution in [0.5, 0.6) is 0 Å². The molecule has 0 aliphatic heterocycles. The van der Waals surface area contributed by atoms with E-state index in [9.17, 15) is 4.79 Å². The smallest absolute Gasteiger partial charge is 0.261 e. The second-order valence-corrected chi connectivity index (χ2v) is 7.80. The number of nitrogens with one attached hydrogen (secondary N) is 1. The molecule has 0 unspecified atom stereocenters. The monoisotopic (exact) mass is 343 g/mol. The van der Waals surface area contributed by atoms with Gasteiger partial charge in [-0.1, -0.05) is 36.2 Å². The molecule has 1 aliphatic carbocycles. The van der Waals surface area contributed by atoms with E-state index in [1.807, 2.05) is 0 Å². The normalized spacial score (nSPS) is 15.7. The lowest BCUT2D eigenvalue weighted by Crippen LogP contribution is -2.34. The van der Waals surface area contributed by atoms with Gasteiger partial charge in [0, 0.05) is 16.8 Å². The summed E-state index contributed by atoms with van der Waals surface area (Å²) in [6.45, 7) is 5.00. The van der Waals surface area contributed by atoms with Crippen LogP contribution in [0.2, 0.25) is 0 Å². The summed E-state index contributed by atoms with van der Waals surface area (Å²) in [6.07, 6.45) is 6.15. The molecular weight excluding hydrogens is 322 g/mol. The lowest BCUT2D eigenvalue weighted by molar-refractivity contribution is 0.0944. The van der Waals surface area contributed by atoms with Gasteiger partial charge < -0.3 is 5.32 Å². The highest BCUT2D eigenvalue weighted by atomic mass is 79.9. The summed E-state index contributed by atoms with van der Waals surface area (Å²) in [5.74, 6) is 0.0899. The predicted octanol–water partition coefficient (Wildman–Crippen LogP) is 4.17. The number of halogens is 1. The van der Waals surface area contributed by atoms with E-state index in [4.69, 9.17) is 0 Å². The Morgan fingerprint density at radius 3 is 2.84 bits per heavy atom. The second-order valence-electron chi connectivity index (χ2n) is 6.10. The molecule has 1 aromatic rings. The Labute approximate surface area is 128 Å². The Balaban J connectivity index is 2.00. The van der Waals surface area contributed by atoms with Crippen molar-refractivity contribution < 1.29 is 4.79 Å². The molecule has 0 fully saturated rings. The molecule has 2 rings (SSSR count). The SMILES string of the molecule is CC(C)(CBr)CNC(=O)c1cc2c(s1)CCCCC2. The molecule has 1 amide bonds. The number of fused-ring (bicyclic) bond motifs is 1. The average Bonchev–Trinajstić information content (AvgIpc) is 2.68. The van der Waals surface area contributed by atoms with Crippen LogP contribution in [0.25, 0.3) is 0 Å². The molecule has 0 radical (unpaired) electrons. The number of carbonyl (C=O) groups excluding carboxylic acids is 1. The maximum atomic E-state index is 12.2. The zero-order valence-corrected chi connectivity index (χ0v) is 14.1. The standard InChI is InChI=1S/C15H22BrNOS/c1-15(2,9-16)10-17-14(18)13-8-11-6-4-3-5-7-12(11)19-13/h8H,3-7,9-10H2,1-2H3,(H,17,18). The number of rotatable bonds is 4. The van der Waals surface area contributed by atoms with Gasteiger partial charge in [-0.2, -0.15) is 0 Å². The third-order valence-corrected chi connectivity index (χ3v) is 6.31. The molecule has 1 aromatic heterocycles. The van der Waals surface area contributed by atoms with Crippen molar-refractivity contribution in [3.63, 3.8) is 0 Å². The molecule has 106 valence electrons. The average molecular weight is 344 g/mol. The van der Waals surface area contributed by atoms with E-state index in [1.54, 1.807) is 11.3 Å². The first-order valence-electron chi connectivity index (χ1n) is 6.97. The van der Waals surface area contributed by atoms with Crippen molar-refractivity contribution in [1.82, 2.24) is 5.32 Å².